The van der Waals surface area contributed by atoms with Crippen LogP contribution in [-0.4, -0.2) is 43.3 Å². The van der Waals surface area contributed by atoms with Crippen LogP contribution in [0.1, 0.15) is 13.3 Å². The van der Waals surface area contributed by atoms with Crippen molar-refractivity contribution in [3.05, 3.63) is 12.7 Å². The van der Waals surface area contributed by atoms with Crippen molar-refractivity contribution in [2.24, 2.45) is 0 Å². The molecular formula is C9H15NO3S. The van der Waals surface area contributed by atoms with Crippen LogP contribution in [0.2, 0.25) is 0 Å². The first kappa shape index (κ1) is 11.2. The van der Waals surface area contributed by atoms with E-state index in [0.717, 1.165) is 0 Å². The third-order valence-electron chi connectivity index (χ3n) is 2.38. The molecule has 1 unspecified atom stereocenters. The number of sulfone groups is 1. The first-order valence-corrected chi connectivity index (χ1v) is 6.37. The molecule has 0 bridgehead atoms. The van der Waals surface area contributed by atoms with E-state index in [2.05, 4.69) is 6.58 Å². The number of hydrogen-bond donors (Lipinski definition) is 0. The molecule has 0 saturated carbocycles. The van der Waals surface area contributed by atoms with Gasteiger partial charge in [-0.05, 0) is 6.42 Å². The highest BCUT2D eigenvalue weighted by atomic mass is 32.2. The van der Waals surface area contributed by atoms with E-state index in [9.17, 15) is 13.2 Å². The molecular weight excluding hydrogens is 202 g/mol. The third kappa shape index (κ3) is 2.57. The summed E-state index contributed by atoms with van der Waals surface area (Å²) in [4.78, 5) is 12.8. The standard InChI is InChI=1S/C9H15NO3S/c1-3-5-10(8(2)11)9-4-6-14(12,13)7-9/h3,9H,1,4-7H2,2H3. The molecule has 4 nitrogen and oxygen atoms in total. The van der Waals surface area contributed by atoms with E-state index in [1.165, 1.54) is 6.92 Å². The minimum absolute atomic E-state index is 0.0907. The van der Waals surface area contributed by atoms with Crippen LogP contribution in [-0.2, 0) is 14.6 Å². The number of amides is 1. The minimum Gasteiger partial charge on any atom is -0.335 e. The highest BCUT2D eigenvalue weighted by Crippen LogP contribution is 2.17. The topological polar surface area (TPSA) is 54.5 Å². The summed E-state index contributed by atoms with van der Waals surface area (Å²) in [7, 11) is -2.92. The lowest BCUT2D eigenvalue weighted by Crippen LogP contribution is -2.39. The van der Waals surface area contributed by atoms with Gasteiger partial charge in [-0.15, -0.1) is 6.58 Å². The molecule has 1 heterocycles. The molecule has 0 aromatic heterocycles. The molecule has 1 rings (SSSR count). The number of hydrogen-bond acceptors (Lipinski definition) is 3. The zero-order valence-corrected chi connectivity index (χ0v) is 9.09. The largest absolute Gasteiger partial charge is 0.335 e. The zero-order chi connectivity index (χ0) is 10.8. The summed E-state index contributed by atoms with van der Waals surface area (Å²) in [6, 6.07) is -0.157. The first-order chi connectivity index (χ1) is 6.46. The molecule has 0 aromatic carbocycles. The summed E-state index contributed by atoms with van der Waals surface area (Å²) in [5.41, 5.74) is 0. The van der Waals surface area contributed by atoms with Crippen molar-refractivity contribution in [2.45, 2.75) is 19.4 Å². The van der Waals surface area contributed by atoms with Gasteiger partial charge in [-0.3, -0.25) is 4.79 Å². The molecule has 1 aliphatic rings. The third-order valence-corrected chi connectivity index (χ3v) is 4.13. The number of nitrogens with zero attached hydrogens (tertiary/aromatic N) is 1. The Hall–Kier alpha value is -0.840. The summed E-state index contributed by atoms with van der Waals surface area (Å²) in [6.45, 7) is 5.43. The van der Waals surface area contributed by atoms with Gasteiger partial charge < -0.3 is 4.90 Å². The second kappa shape index (κ2) is 4.13. The Morgan fingerprint density at radius 2 is 2.29 bits per heavy atom. The highest BCUT2D eigenvalue weighted by Gasteiger charge is 2.32. The lowest BCUT2D eigenvalue weighted by atomic mass is 10.2. The predicted molar refractivity (Wildman–Crippen MR) is 54.6 cm³/mol. The van der Waals surface area contributed by atoms with Crippen LogP contribution in [0, 0.1) is 0 Å². The van der Waals surface area contributed by atoms with E-state index >= 15 is 0 Å². The number of carbonyl (C=O) groups is 1. The molecule has 1 atom stereocenters. The molecule has 80 valence electrons. The Kier molecular flexibility index (Phi) is 3.31. The van der Waals surface area contributed by atoms with E-state index in [-0.39, 0.29) is 23.5 Å². The number of rotatable bonds is 3. The van der Waals surface area contributed by atoms with Gasteiger partial charge in [0.2, 0.25) is 5.91 Å². The Labute approximate surface area is 84.5 Å². The molecule has 0 N–H and O–H groups in total. The molecule has 5 heteroatoms. The van der Waals surface area contributed by atoms with E-state index in [1.54, 1.807) is 11.0 Å². The average Bonchev–Trinajstić information content (AvgIpc) is 2.41. The Balaban J connectivity index is 2.72. The van der Waals surface area contributed by atoms with Gasteiger partial charge in [0, 0.05) is 19.5 Å². The SMILES string of the molecule is C=CCN(C(C)=O)C1CCS(=O)(=O)C1. The fourth-order valence-electron chi connectivity index (χ4n) is 1.70. The van der Waals surface area contributed by atoms with Gasteiger partial charge in [-0.2, -0.15) is 0 Å². The van der Waals surface area contributed by atoms with Crippen LogP contribution in [0.5, 0.6) is 0 Å². The lowest BCUT2D eigenvalue weighted by Gasteiger charge is -2.25. The van der Waals surface area contributed by atoms with Gasteiger partial charge in [0.15, 0.2) is 9.84 Å². The van der Waals surface area contributed by atoms with Crippen LogP contribution in [0.4, 0.5) is 0 Å². The van der Waals surface area contributed by atoms with Crippen molar-refractivity contribution in [2.75, 3.05) is 18.1 Å². The maximum atomic E-state index is 11.2. The maximum Gasteiger partial charge on any atom is 0.220 e. The van der Waals surface area contributed by atoms with Gasteiger partial charge in [0.25, 0.3) is 0 Å². The van der Waals surface area contributed by atoms with Gasteiger partial charge >= 0.3 is 0 Å². The second-order valence-corrected chi connectivity index (χ2v) is 5.75. The molecule has 0 aromatic rings. The van der Waals surface area contributed by atoms with Crippen LogP contribution >= 0.6 is 0 Å². The summed E-state index contributed by atoms with van der Waals surface area (Å²) in [5.74, 6) is 0.200. The highest BCUT2D eigenvalue weighted by molar-refractivity contribution is 7.91. The quantitative estimate of drug-likeness (QED) is 0.635. The molecule has 14 heavy (non-hydrogen) atoms. The van der Waals surface area contributed by atoms with Crippen molar-refractivity contribution in [3.63, 3.8) is 0 Å². The smallest absolute Gasteiger partial charge is 0.220 e. The molecule has 0 aliphatic carbocycles. The van der Waals surface area contributed by atoms with E-state index < -0.39 is 9.84 Å². The predicted octanol–water partition coefficient (Wildman–Crippen LogP) is 0.208. The number of carbonyl (C=O) groups excluding carboxylic acids is 1. The van der Waals surface area contributed by atoms with Crippen molar-refractivity contribution in [1.29, 1.82) is 0 Å². The Morgan fingerprint density at radius 3 is 2.64 bits per heavy atom. The van der Waals surface area contributed by atoms with E-state index in [0.29, 0.717) is 13.0 Å². The van der Waals surface area contributed by atoms with Crippen LogP contribution in [0.3, 0.4) is 0 Å². The molecule has 0 radical (unpaired) electrons. The maximum absolute atomic E-state index is 11.2. The fraction of sp³-hybridized carbons (Fsp3) is 0.667. The molecule has 1 amide bonds. The van der Waals surface area contributed by atoms with Crippen LogP contribution in [0.15, 0.2) is 12.7 Å². The fourth-order valence-corrected chi connectivity index (χ4v) is 3.43. The Morgan fingerprint density at radius 1 is 1.64 bits per heavy atom. The lowest BCUT2D eigenvalue weighted by molar-refractivity contribution is -0.130. The second-order valence-electron chi connectivity index (χ2n) is 3.52. The van der Waals surface area contributed by atoms with Crippen LogP contribution in [0.25, 0.3) is 0 Å². The monoisotopic (exact) mass is 217 g/mol. The van der Waals surface area contributed by atoms with Crippen molar-refractivity contribution in [1.82, 2.24) is 4.90 Å². The average molecular weight is 217 g/mol. The molecule has 1 fully saturated rings. The van der Waals surface area contributed by atoms with Crippen LogP contribution < -0.4 is 0 Å². The van der Waals surface area contributed by atoms with Gasteiger partial charge in [-0.25, -0.2) is 8.42 Å². The zero-order valence-electron chi connectivity index (χ0n) is 8.27. The van der Waals surface area contributed by atoms with Crippen molar-refractivity contribution in [3.8, 4) is 0 Å². The van der Waals surface area contributed by atoms with E-state index in [1.807, 2.05) is 0 Å². The summed E-state index contributed by atoms with van der Waals surface area (Å²) in [6.07, 6.45) is 2.17. The minimum atomic E-state index is -2.92. The van der Waals surface area contributed by atoms with Gasteiger partial charge in [0.1, 0.15) is 0 Å². The normalized spacial score (nSPS) is 24.5. The summed E-state index contributed by atoms with van der Waals surface area (Å²) >= 11 is 0. The molecule has 1 aliphatic heterocycles. The van der Waals surface area contributed by atoms with Gasteiger partial charge in [0.05, 0.1) is 11.5 Å². The molecule has 1 saturated heterocycles. The summed E-state index contributed by atoms with van der Waals surface area (Å²) in [5, 5.41) is 0. The first-order valence-electron chi connectivity index (χ1n) is 4.55. The van der Waals surface area contributed by atoms with E-state index in [4.69, 9.17) is 0 Å². The Bertz CT molecular complexity index is 334. The summed E-state index contributed by atoms with van der Waals surface area (Å²) < 4.78 is 22.4. The molecule has 0 spiro atoms. The van der Waals surface area contributed by atoms with Crippen molar-refractivity contribution < 1.29 is 13.2 Å². The van der Waals surface area contributed by atoms with Gasteiger partial charge in [-0.1, -0.05) is 6.08 Å². The van der Waals surface area contributed by atoms with Crippen molar-refractivity contribution >= 4 is 15.7 Å².